The summed E-state index contributed by atoms with van der Waals surface area (Å²) in [6.45, 7) is 1.29. The molecule has 1 aromatic rings. The summed E-state index contributed by atoms with van der Waals surface area (Å²) in [5.74, 6) is -1.44. The van der Waals surface area contributed by atoms with Gasteiger partial charge in [-0.15, -0.1) is 0 Å². The van der Waals surface area contributed by atoms with Crippen molar-refractivity contribution in [1.29, 1.82) is 0 Å². The van der Waals surface area contributed by atoms with Gasteiger partial charge in [0.2, 0.25) is 17.7 Å². The van der Waals surface area contributed by atoms with Gasteiger partial charge < -0.3 is 15.5 Å². The molecule has 0 bridgehead atoms. The molecule has 3 rings (SSSR count). The molecule has 0 saturated carbocycles. The lowest BCUT2D eigenvalue weighted by atomic mass is 9.95. The van der Waals surface area contributed by atoms with Crippen LogP contribution in [0.4, 0.5) is 10.1 Å². The van der Waals surface area contributed by atoms with E-state index in [0.717, 1.165) is 0 Å². The maximum atomic E-state index is 13.0. The van der Waals surface area contributed by atoms with Gasteiger partial charge in [-0.25, -0.2) is 4.39 Å². The number of anilines is 1. The minimum atomic E-state index is -0.396. The second kappa shape index (κ2) is 6.59. The summed E-state index contributed by atoms with van der Waals surface area (Å²) < 4.78 is 13.0. The predicted octanol–water partition coefficient (Wildman–Crippen LogP) is 0.902. The third kappa shape index (κ3) is 3.25. The highest BCUT2D eigenvalue weighted by Crippen LogP contribution is 2.28. The van der Waals surface area contributed by atoms with Crippen molar-refractivity contribution in [2.75, 3.05) is 24.5 Å². The number of rotatable bonds is 3. The van der Waals surface area contributed by atoms with Gasteiger partial charge in [0.1, 0.15) is 5.82 Å². The summed E-state index contributed by atoms with van der Waals surface area (Å²) in [6, 6.07) is 5.68. The highest BCUT2D eigenvalue weighted by molar-refractivity contribution is 6.00. The number of nitrogens with zero attached hydrogens (tertiary/aromatic N) is 2. The van der Waals surface area contributed by atoms with Crippen molar-refractivity contribution < 1.29 is 18.8 Å². The Balaban J connectivity index is 1.62. The predicted molar refractivity (Wildman–Crippen MR) is 85.4 cm³/mol. The third-order valence-electron chi connectivity index (χ3n) is 4.82. The van der Waals surface area contributed by atoms with Gasteiger partial charge in [-0.05, 0) is 37.1 Å². The van der Waals surface area contributed by atoms with Gasteiger partial charge in [0, 0.05) is 37.7 Å². The van der Waals surface area contributed by atoms with Gasteiger partial charge in [-0.2, -0.15) is 0 Å². The molecule has 7 heteroatoms. The molecule has 1 aromatic carbocycles. The number of likely N-dealkylation sites (tertiary alicyclic amines) is 1. The van der Waals surface area contributed by atoms with Crippen molar-refractivity contribution in [3.63, 3.8) is 0 Å². The Kier molecular flexibility index (Phi) is 4.51. The Bertz CT molecular complexity index is 654. The van der Waals surface area contributed by atoms with Crippen molar-refractivity contribution in [3.05, 3.63) is 30.1 Å². The van der Waals surface area contributed by atoms with E-state index in [4.69, 9.17) is 5.73 Å². The van der Waals surface area contributed by atoms with Crippen molar-refractivity contribution in [3.8, 4) is 0 Å². The van der Waals surface area contributed by atoms with Crippen LogP contribution in [0.2, 0.25) is 0 Å². The maximum Gasteiger partial charge on any atom is 0.228 e. The number of halogens is 1. The van der Waals surface area contributed by atoms with Crippen LogP contribution in [0, 0.1) is 17.7 Å². The number of piperidine rings is 1. The first kappa shape index (κ1) is 16.4. The van der Waals surface area contributed by atoms with Crippen LogP contribution >= 0.6 is 0 Å². The SMILES string of the molecule is NC(=O)C1CCN(C(=O)[C@@H]2CC(=O)N(c3ccc(F)cc3)C2)CC1. The Morgan fingerprint density at radius 2 is 1.71 bits per heavy atom. The van der Waals surface area contributed by atoms with Gasteiger partial charge in [-0.1, -0.05) is 0 Å². The number of hydrogen-bond acceptors (Lipinski definition) is 3. The first-order valence-corrected chi connectivity index (χ1v) is 8.09. The second-order valence-corrected chi connectivity index (χ2v) is 6.38. The number of carbonyl (C=O) groups is 3. The van der Waals surface area contributed by atoms with Crippen LogP contribution in [0.5, 0.6) is 0 Å². The van der Waals surface area contributed by atoms with Crippen LogP contribution < -0.4 is 10.6 Å². The number of nitrogens with two attached hydrogens (primary N) is 1. The molecule has 128 valence electrons. The highest BCUT2D eigenvalue weighted by Gasteiger charge is 2.38. The van der Waals surface area contributed by atoms with Gasteiger partial charge in [0.25, 0.3) is 0 Å². The lowest BCUT2D eigenvalue weighted by Gasteiger charge is -2.32. The summed E-state index contributed by atoms with van der Waals surface area (Å²) in [7, 11) is 0. The van der Waals surface area contributed by atoms with E-state index in [1.165, 1.54) is 17.0 Å². The molecule has 2 fully saturated rings. The summed E-state index contributed by atoms with van der Waals surface area (Å²) in [5, 5.41) is 0. The standard InChI is InChI=1S/C17H20FN3O3/c18-13-1-3-14(4-2-13)21-10-12(9-15(21)22)17(24)20-7-5-11(6-8-20)16(19)23/h1-4,11-12H,5-10H2,(H2,19,23)/t12-/m1/s1. The van der Waals surface area contributed by atoms with Crippen LogP contribution in [0.3, 0.4) is 0 Å². The first-order chi connectivity index (χ1) is 11.5. The van der Waals surface area contributed by atoms with E-state index < -0.39 is 5.92 Å². The summed E-state index contributed by atoms with van der Waals surface area (Å²) in [6.07, 6.45) is 1.30. The van der Waals surface area contributed by atoms with Crippen LogP contribution in [0.1, 0.15) is 19.3 Å². The Labute approximate surface area is 139 Å². The summed E-state index contributed by atoms with van der Waals surface area (Å²) >= 11 is 0. The average Bonchev–Trinajstić information content (AvgIpc) is 2.97. The van der Waals surface area contributed by atoms with Crippen LogP contribution in [-0.2, 0) is 14.4 Å². The molecule has 0 spiro atoms. The van der Waals surface area contributed by atoms with Crippen molar-refractivity contribution in [1.82, 2.24) is 4.90 Å². The molecule has 0 aromatic heterocycles. The molecule has 2 aliphatic rings. The summed E-state index contributed by atoms with van der Waals surface area (Å²) in [4.78, 5) is 39.3. The van der Waals surface area contributed by atoms with E-state index in [0.29, 0.717) is 38.2 Å². The van der Waals surface area contributed by atoms with E-state index >= 15 is 0 Å². The lowest BCUT2D eigenvalue weighted by molar-refractivity contribution is -0.138. The molecule has 0 aliphatic carbocycles. The molecule has 6 nitrogen and oxygen atoms in total. The van der Waals surface area contributed by atoms with Gasteiger partial charge in [0.15, 0.2) is 0 Å². The molecular weight excluding hydrogens is 313 g/mol. The summed E-state index contributed by atoms with van der Waals surface area (Å²) in [5.41, 5.74) is 5.90. The fourth-order valence-corrected chi connectivity index (χ4v) is 3.39. The average molecular weight is 333 g/mol. The zero-order valence-electron chi connectivity index (χ0n) is 13.3. The fraction of sp³-hybridized carbons (Fsp3) is 0.471. The molecule has 0 unspecified atom stereocenters. The van der Waals surface area contributed by atoms with Crippen LogP contribution in [0.15, 0.2) is 24.3 Å². The van der Waals surface area contributed by atoms with Crippen LogP contribution in [-0.4, -0.2) is 42.3 Å². The zero-order chi connectivity index (χ0) is 17.3. The van der Waals surface area contributed by atoms with E-state index in [-0.39, 0.29) is 35.9 Å². The molecule has 1 atom stereocenters. The first-order valence-electron chi connectivity index (χ1n) is 8.09. The van der Waals surface area contributed by atoms with E-state index in [9.17, 15) is 18.8 Å². The van der Waals surface area contributed by atoms with Crippen molar-refractivity contribution in [2.24, 2.45) is 17.6 Å². The quantitative estimate of drug-likeness (QED) is 0.892. The molecule has 2 aliphatic heterocycles. The molecule has 2 N–H and O–H groups in total. The number of hydrogen-bond donors (Lipinski definition) is 1. The number of benzene rings is 1. The molecular formula is C17H20FN3O3. The van der Waals surface area contributed by atoms with E-state index in [1.807, 2.05) is 0 Å². The Morgan fingerprint density at radius 1 is 1.08 bits per heavy atom. The lowest BCUT2D eigenvalue weighted by Crippen LogP contribution is -2.44. The number of amides is 3. The molecule has 2 heterocycles. The van der Waals surface area contributed by atoms with Gasteiger partial charge in [0.05, 0.1) is 5.92 Å². The topological polar surface area (TPSA) is 83.7 Å². The fourth-order valence-electron chi connectivity index (χ4n) is 3.39. The van der Waals surface area contributed by atoms with Crippen LogP contribution in [0.25, 0.3) is 0 Å². The Morgan fingerprint density at radius 3 is 2.29 bits per heavy atom. The molecule has 2 saturated heterocycles. The second-order valence-electron chi connectivity index (χ2n) is 6.38. The normalized spacial score (nSPS) is 22.0. The largest absolute Gasteiger partial charge is 0.369 e. The minimum absolute atomic E-state index is 0.0594. The number of primary amides is 1. The molecule has 0 radical (unpaired) electrons. The highest BCUT2D eigenvalue weighted by atomic mass is 19.1. The molecule has 24 heavy (non-hydrogen) atoms. The van der Waals surface area contributed by atoms with Crippen molar-refractivity contribution in [2.45, 2.75) is 19.3 Å². The molecule has 3 amide bonds. The smallest absolute Gasteiger partial charge is 0.228 e. The van der Waals surface area contributed by atoms with Gasteiger partial charge in [-0.3, -0.25) is 14.4 Å². The third-order valence-corrected chi connectivity index (χ3v) is 4.82. The van der Waals surface area contributed by atoms with E-state index in [2.05, 4.69) is 0 Å². The van der Waals surface area contributed by atoms with Crippen molar-refractivity contribution >= 4 is 23.4 Å². The number of carbonyl (C=O) groups excluding carboxylic acids is 3. The minimum Gasteiger partial charge on any atom is -0.369 e. The zero-order valence-corrected chi connectivity index (χ0v) is 13.3. The monoisotopic (exact) mass is 333 g/mol. The van der Waals surface area contributed by atoms with E-state index in [1.54, 1.807) is 17.0 Å². The maximum absolute atomic E-state index is 13.0. The Hall–Kier alpha value is -2.44. The van der Waals surface area contributed by atoms with Gasteiger partial charge >= 0.3 is 0 Å².